The Kier molecular flexibility index (Phi) is 7.54. The third-order valence-corrected chi connectivity index (χ3v) is 12.3. The fraction of sp³-hybridized carbons (Fsp3) is 0. The summed E-state index contributed by atoms with van der Waals surface area (Å²) in [5.41, 5.74) is 10.9. The molecule has 0 amide bonds. The average Bonchev–Trinajstić information content (AvgIpc) is 3.92. The number of para-hydroxylation sites is 2. The van der Waals surface area contributed by atoms with Crippen LogP contribution in [0, 0.1) is 0 Å². The third kappa shape index (κ3) is 5.45. The molecule has 3 aromatic heterocycles. The molecule has 0 saturated carbocycles. The van der Waals surface area contributed by atoms with Crippen LogP contribution in [-0.4, -0.2) is 15.0 Å². The summed E-state index contributed by atoms with van der Waals surface area (Å²) in [5.74, 6) is 1.82. The van der Waals surface area contributed by atoms with Crippen molar-refractivity contribution in [3.63, 3.8) is 0 Å². The number of hydrogen-bond donors (Lipinski definition) is 0. The minimum absolute atomic E-state index is 0.603. The lowest BCUT2D eigenvalue weighted by Gasteiger charge is -2.14. The number of fused-ring (bicyclic) bond motifs is 10. The summed E-state index contributed by atoms with van der Waals surface area (Å²) < 4.78 is 12.5. The molecule has 0 atom stereocenters. The quantitative estimate of drug-likeness (QED) is 0.174. The van der Waals surface area contributed by atoms with Gasteiger partial charge in [-0.3, -0.25) is 0 Å². The Labute approximate surface area is 355 Å². The molecule has 0 unspecified atom stereocenters. The number of aromatic nitrogens is 3. The second-order valence-corrected chi connectivity index (χ2v) is 15.9. The van der Waals surface area contributed by atoms with Crippen LogP contribution in [0.2, 0.25) is 0 Å². The molecule has 13 aromatic rings. The van der Waals surface area contributed by atoms with Crippen LogP contribution in [0.4, 0.5) is 0 Å². The van der Waals surface area contributed by atoms with Gasteiger partial charge in [-0.15, -0.1) is 0 Å². The molecule has 0 aliphatic heterocycles. The van der Waals surface area contributed by atoms with Crippen LogP contribution in [0.15, 0.2) is 209 Å². The van der Waals surface area contributed by atoms with Gasteiger partial charge in [-0.05, 0) is 103 Å². The van der Waals surface area contributed by atoms with Crippen LogP contribution in [0.25, 0.3) is 133 Å². The normalized spacial score (nSPS) is 11.9. The van der Waals surface area contributed by atoms with Crippen molar-refractivity contribution >= 4 is 76.2 Å². The maximum absolute atomic E-state index is 6.31. The van der Waals surface area contributed by atoms with Crippen molar-refractivity contribution in [2.75, 3.05) is 0 Å². The van der Waals surface area contributed by atoms with E-state index in [1.807, 2.05) is 36.4 Å². The zero-order chi connectivity index (χ0) is 40.7. The molecule has 0 bridgehead atoms. The zero-order valence-corrected chi connectivity index (χ0v) is 33.2. The molecule has 0 N–H and O–H groups in total. The first-order chi connectivity index (χ1) is 30.7. The van der Waals surface area contributed by atoms with Gasteiger partial charge in [0.15, 0.2) is 17.5 Å². The molecule has 288 valence electrons. The molecule has 0 aliphatic rings. The van der Waals surface area contributed by atoms with Crippen molar-refractivity contribution in [2.45, 2.75) is 0 Å². The van der Waals surface area contributed by atoms with Gasteiger partial charge in [-0.1, -0.05) is 152 Å². The largest absolute Gasteiger partial charge is 0.456 e. The fourth-order valence-corrected chi connectivity index (χ4v) is 9.37. The Morgan fingerprint density at radius 3 is 1.52 bits per heavy atom. The Bertz CT molecular complexity index is 3940. The highest BCUT2D eigenvalue weighted by Gasteiger charge is 2.20. The van der Waals surface area contributed by atoms with Crippen molar-refractivity contribution < 1.29 is 8.83 Å². The molecule has 62 heavy (non-hydrogen) atoms. The van der Waals surface area contributed by atoms with Crippen LogP contribution in [0.5, 0.6) is 0 Å². The molecule has 13 rings (SSSR count). The van der Waals surface area contributed by atoms with Gasteiger partial charge in [0.2, 0.25) is 0 Å². The van der Waals surface area contributed by atoms with E-state index in [9.17, 15) is 0 Å². The van der Waals surface area contributed by atoms with Crippen molar-refractivity contribution in [1.82, 2.24) is 15.0 Å². The fourth-order valence-electron chi connectivity index (χ4n) is 9.37. The molecule has 5 heteroatoms. The summed E-state index contributed by atoms with van der Waals surface area (Å²) in [6.07, 6.45) is 0. The predicted molar refractivity (Wildman–Crippen MR) is 254 cm³/mol. The van der Waals surface area contributed by atoms with Crippen LogP contribution in [0.3, 0.4) is 0 Å². The Hall–Kier alpha value is -8.41. The second-order valence-electron chi connectivity index (χ2n) is 15.9. The van der Waals surface area contributed by atoms with Gasteiger partial charge in [-0.2, -0.15) is 0 Å². The number of benzene rings is 10. The molecule has 5 nitrogen and oxygen atoms in total. The highest BCUT2D eigenvalue weighted by Crippen LogP contribution is 2.42. The first kappa shape index (κ1) is 34.5. The molecule has 0 radical (unpaired) electrons. The maximum Gasteiger partial charge on any atom is 0.164 e. The smallest absolute Gasteiger partial charge is 0.164 e. The summed E-state index contributed by atoms with van der Waals surface area (Å²) in [4.78, 5) is 15.8. The average molecular weight is 792 g/mol. The summed E-state index contributed by atoms with van der Waals surface area (Å²) >= 11 is 0. The molecule has 3 heterocycles. The van der Waals surface area contributed by atoms with Crippen molar-refractivity contribution in [1.29, 1.82) is 0 Å². The molecule has 0 fully saturated rings. The minimum atomic E-state index is 0.603. The Morgan fingerprint density at radius 2 is 0.774 bits per heavy atom. The summed E-state index contributed by atoms with van der Waals surface area (Å²) in [6, 6.07) is 69.9. The van der Waals surface area contributed by atoms with E-state index in [1.165, 1.54) is 11.1 Å². The predicted octanol–water partition coefficient (Wildman–Crippen LogP) is 15.5. The van der Waals surface area contributed by atoms with Crippen molar-refractivity contribution in [3.05, 3.63) is 200 Å². The lowest BCUT2D eigenvalue weighted by atomic mass is 9.92. The standard InChI is InChI=1S/C57H33N3O2/c1-2-11-34(12-3-1)35-21-22-37-32-39(24-23-36(37)31-35)55-58-56(40-25-27-41-38(33-40)26-30-52-53(41)47-15-6-8-18-49(47)62-52)60-57(59-55)46-29-28-44(42-13-4-5-14-43(42)46)45-17-10-20-51-54(45)48-16-7-9-19-50(48)61-51/h1-33H. The van der Waals surface area contributed by atoms with Crippen LogP contribution in [-0.2, 0) is 0 Å². The summed E-state index contributed by atoms with van der Waals surface area (Å²) in [5, 5.41) is 11.0. The lowest BCUT2D eigenvalue weighted by molar-refractivity contribution is 0.668. The molecular weight excluding hydrogens is 759 g/mol. The second kappa shape index (κ2) is 13.6. The molecular formula is C57H33N3O2. The first-order valence-corrected chi connectivity index (χ1v) is 20.8. The van der Waals surface area contributed by atoms with E-state index in [2.05, 4.69) is 164 Å². The van der Waals surface area contributed by atoms with Gasteiger partial charge in [0, 0.05) is 38.2 Å². The zero-order valence-electron chi connectivity index (χ0n) is 33.2. The van der Waals surface area contributed by atoms with Gasteiger partial charge in [-0.25, -0.2) is 15.0 Å². The Morgan fingerprint density at radius 1 is 0.258 bits per heavy atom. The summed E-state index contributed by atoms with van der Waals surface area (Å²) in [7, 11) is 0. The van der Waals surface area contributed by atoms with E-state index in [0.29, 0.717) is 17.5 Å². The van der Waals surface area contributed by atoms with Gasteiger partial charge >= 0.3 is 0 Å². The van der Waals surface area contributed by atoms with Crippen molar-refractivity contribution in [2.24, 2.45) is 0 Å². The lowest BCUT2D eigenvalue weighted by Crippen LogP contribution is -2.01. The van der Waals surface area contributed by atoms with E-state index < -0.39 is 0 Å². The monoisotopic (exact) mass is 791 g/mol. The highest BCUT2D eigenvalue weighted by atomic mass is 16.3. The van der Waals surface area contributed by atoms with Crippen LogP contribution < -0.4 is 0 Å². The number of furan rings is 2. The highest BCUT2D eigenvalue weighted by molar-refractivity contribution is 6.19. The van der Waals surface area contributed by atoms with Gasteiger partial charge in [0.25, 0.3) is 0 Å². The Balaban J connectivity index is 1.00. The van der Waals surface area contributed by atoms with E-state index >= 15 is 0 Å². The maximum atomic E-state index is 6.31. The molecule has 0 aliphatic carbocycles. The van der Waals surface area contributed by atoms with Gasteiger partial charge < -0.3 is 8.83 Å². The van der Waals surface area contributed by atoms with E-state index in [4.69, 9.17) is 23.8 Å². The topological polar surface area (TPSA) is 65.0 Å². The van der Waals surface area contributed by atoms with E-state index in [-0.39, 0.29) is 0 Å². The van der Waals surface area contributed by atoms with Crippen LogP contribution >= 0.6 is 0 Å². The van der Waals surface area contributed by atoms with Gasteiger partial charge in [0.1, 0.15) is 22.3 Å². The molecule has 10 aromatic carbocycles. The minimum Gasteiger partial charge on any atom is -0.456 e. The van der Waals surface area contributed by atoms with E-state index in [0.717, 1.165) is 104 Å². The molecule has 0 saturated heterocycles. The van der Waals surface area contributed by atoms with E-state index in [1.54, 1.807) is 0 Å². The SMILES string of the molecule is c1ccc(-c2ccc3cc(-c4nc(-c5ccc6c(ccc7oc8ccccc8c76)c5)nc(-c5ccc(-c6cccc7oc8ccccc8c67)c6ccccc56)n4)ccc3c2)cc1. The summed E-state index contributed by atoms with van der Waals surface area (Å²) in [6.45, 7) is 0. The first-order valence-electron chi connectivity index (χ1n) is 20.8. The molecule has 0 spiro atoms. The number of nitrogens with zero attached hydrogens (tertiary/aromatic N) is 3. The number of hydrogen-bond acceptors (Lipinski definition) is 5. The third-order valence-electron chi connectivity index (χ3n) is 12.3. The van der Waals surface area contributed by atoms with Crippen molar-refractivity contribution in [3.8, 4) is 56.4 Å². The number of rotatable bonds is 5. The van der Waals surface area contributed by atoms with Crippen LogP contribution in [0.1, 0.15) is 0 Å². The van der Waals surface area contributed by atoms with Gasteiger partial charge in [0.05, 0.1) is 0 Å².